The Balaban J connectivity index is 3.19. The van der Waals surface area contributed by atoms with Gasteiger partial charge in [0.25, 0.3) is 5.69 Å². The maximum absolute atomic E-state index is 11.9. The molecule has 0 saturated carbocycles. The molecule has 0 N–H and O–H groups in total. The first-order valence-electron chi connectivity index (χ1n) is 3.95. The predicted octanol–water partition coefficient (Wildman–Crippen LogP) is 3.23. The Kier molecular flexibility index (Phi) is 3.77. The SMILES string of the molecule is O=[N+]([O-])c1cc(OC(F)(F)F)ccc1N=C=S. The highest BCUT2D eigenvalue weighted by Gasteiger charge is 2.32. The molecule has 0 unspecified atom stereocenters. The smallest absolute Gasteiger partial charge is 0.406 e. The van der Waals surface area contributed by atoms with Crippen molar-refractivity contribution in [1.82, 2.24) is 0 Å². The van der Waals surface area contributed by atoms with Crippen LogP contribution in [0.3, 0.4) is 0 Å². The molecule has 9 heteroatoms. The van der Waals surface area contributed by atoms with Crippen molar-refractivity contribution in [3.05, 3.63) is 28.3 Å². The molecule has 17 heavy (non-hydrogen) atoms. The van der Waals surface area contributed by atoms with Crippen LogP contribution in [0.2, 0.25) is 0 Å². The second-order valence-electron chi connectivity index (χ2n) is 2.66. The molecule has 0 aliphatic heterocycles. The molecule has 0 heterocycles. The van der Waals surface area contributed by atoms with Gasteiger partial charge in [0.2, 0.25) is 0 Å². The minimum Gasteiger partial charge on any atom is -0.406 e. The summed E-state index contributed by atoms with van der Waals surface area (Å²) in [5.74, 6) is -0.701. The highest BCUT2D eigenvalue weighted by atomic mass is 32.1. The highest BCUT2D eigenvalue weighted by molar-refractivity contribution is 7.78. The lowest BCUT2D eigenvalue weighted by molar-refractivity contribution is -0.384. The van der Waals surface area contributed by atoms with E-state index in [1.54, 1.807) is 0 Å². The van der Waals surface area contributed by atoms with Gasteiger partial charge >= 0.3 is 6.36 Å². The zero-order chi connectivity index (χ0) is 13.1. The van der Waals surface area contributed by atoms with E-state index in [0.717, 1.165) is 12.1 Å². The number of rotatable bonds is 3. The average molecular weight is 264 g/mol. The lowest BCUT2D eigenvalue weighted by Gasteiger charge is -2.08. The van der Waals surface area contributed by atoms with Gasteiger partial charge in [0.15, 0.2) is 5.69 Å². The summed E-state index contributed by atoms with van der Waals surface area (Å²) in [5.41, 5.74) is -0.844. The van der Waals surface area contributed by atoms with Crippen molar-refractivity contribution < 1.29 is 22.8 Å². The van der Waals surface area contributed by atoms with E-state index in [4.69, 9.17) is 0 Å². The Hall–Kier alpha value is -1.99. The number of isothiocyanates is 1. The summed E-state index contributed by atoms with van der Waals surface area (Å²) in [4.78, 5) is 13.0. The Bertz CT molecular complexity index is 497. The van der Waals surface area contributed by atoms with Crippen LogP contribution < -0.4 is 4.74 Å². The van der Waals surface area contributed by atoms with E-state index in [0.29, 0.717) is 6.07 Å². The van der Waals surface area contributed by atoms with Gasteiger partial charge < -0.3 is 4.74 Å². The van der Waals surface area contributed by atoms with Crippen molar-refractivity contribution in [3.8, 4) is 5.75 Å². The van der Waals surface area contributed by atoms with Crippen molar-refractivity contribution in [2.75, 3.05) is 0 Å². The van der Waals surface area contributed by atoms with Crippen molar-refractivity contribution >= 4 is 28.8 Å². The second kappa shape index (κ2) is 4.89. The molecule has 1 aromatic rings. The Morgan fingerprint density at radius 2 is 2.12 bits per heavy atom. The monoisotopic (exact) mass is 264 g/mol. The number of nitrogens with zero attached hydrogens (tertiary/aromatic N) is 2. The molecular formula is C8H3F3N2O3S. The van der Waals surface area contributed by atoms with Crippen molar-refractivity contribution in [2.45, 2.75) is 6.36 Å². The maximum atomic E-state index is 11.9. The zero-order valence-corrected chi connectivity index (χ0v) is 8.71. The van der Waals surface area contributed by atoms with Crippen LogP contribution in [0, 0.1) is 10.1 Å². The van der Waals surface area contributed by atoms with Gasteiger partial charge in [-0.25, -0.2) is 0 Å². The first-order chi connectivity index (χ1) is 7.83. The Morgan fingerprint density at radius 1 is 1.47 bits per heavy atom. The lowest BCUT2D eigenvalue weighted by Crippen LogP contribution is -2.17. The molecule has 0 amide bonds. The first-order valence-corrected chi connectivity index (χ1v) is 4.36. The van der Waals surface area contributed by atoms with Crippen LogP contribution in [-0.4, -0.2) is 16.4 Å². The lowest BCUT2D eigenvalue weighted by atomic mass is 10.2. The number of benzene rings is 1. The second-order valence-corrected chi connectivity index (χ2v) is 2.84. The van der Waals surface area contributed by atoms with Gasteiger partial charge in [0, 0.05) is 0 Å². The molecule has 90 valence electrons. The van der Waals surface area contributed by atoms with Crippen LogP contribution in [-0.2, 0) is 0 Å². The summed E-state index contributed by atoms with van der Waals surface area (Å²) >= 11 is 4.25. The average Bonchev–Trinajstić information content (AvgIpc) is 2.18. The van der Waals surface area contributed by atoms with Gasteiger partial charge in [0.1, 0.15) is 5.75 Å². The fourth-order valence-electron chi connectivity index (χ4n) is 0.990. The van der Waals surface area contributed by atoms with Crippen LogP contribution in [0.4, 0.5) is 24.5 Å². The van der Waals surface area contributed by atoms with Crippen molar-refractivity contribution in [1.29, 1.82) is 0 Å². The van der Waals surface area contributed by atoms with Crippen LogP contribution in [0.25, 0.3) is 0 Å². The minimum atomic E-state index is -4.91. The number of hydrogen-bond acceptors (Lipinski definition) is 5. The van der Waals surface area contributed by atoms with Gasteiger partial charge in [-0.3, -0.25) is 10.1 Å². The van der Waals surface area contributed by atoms with Gasteiger partial charge in [-0.1, -0.05) is 0 Å². The van der Waals surface area contributed by atoms with E-state index in [1.807, 2.05) is 5.16 Å². The molecule has 0 aliphatic carbocycles. The third kappa shape index (κ3) is 3.82. The number of hydrogen-bond donors (Lipinski definition) is 0. The molecule has 0 radical (unpaired) electrons. The summed E-state index contributed by atoms with van der Waals surface area (Å²) in [6.45, 7) is 0. The highest BCUT2D eigenvalue weighted by Crippen LogP contribution is 2.33. The number of nitro groups is 1. The fourth-order valence-corrected chi connectivity index (χ4v) is 1.09. The van der Waals surface area contributed by atoms with Crippen molar-refractivity contribution in [3.63, 3.8) is 0 Å². The molecule has 0 bridgehead atoms. The number of aliphatic imine (C=N–C) groups is 1. The van der Waals surface area contributed by atoms with Crippen LogP contribution >= 0.6 is 12.2 Å². The molecule has 1 aromatic carbocycles. The number of thiocarbonyl (C=S) groups is 1. The number of nitro benzene ring substituents is 1. The number of alkyl halides is 3. The summed E-state index contributed by atoms with van der Waals surface area (Å²) in [6, 6.07) is 2.49. The largest absolute Gasteiger partial charge is 0.573 e. The van der Waals surface area contributed by atoms with E-state index < -0.39 is 22.7 Å². The van der Waals surface area contributed by atoms with E-state index in [9.17, 15) is 23.3 Å². The van der Waals surface area contributed by atoms with E-state index in [2.05, 4.69) is 21.9 Å². The normalized spacial score (nSPS) is 10.5. The Labute approximate surface area is 97.7 Å². The predicted molar refractivity (Wildman–Crippen MR) is 54.5 cm³/mol. The number of ether oxygens (including phenoxy) is 1. The molecule has 0 aromatic heterocycles. The number of halogens is 3. The third-order valence-electron chi connectivity index (χ3n) is 1.54. The van der Waals surface area contributed by atoms with E-state index in [1.165, 1.54) is 0 Å². The van der Waals surface area contributed by atoms with Gasteiger partial charge in [-0.15, -0.1) is 13.2 Å². The third-order valence-corrected chi connectivity index (χ3v) is 1.63. The van der Waals surface area contributed by atoms with Gasteiger partial charge in [-0.2, -0.15) is 4.99 Å². The molecule has 0 aliphatic rings. The van der Waals surface area contributed by atoms with Crippen LogP contribution in [0.1, 0.15) is 0 Å². The Morgan fingerprint density at radius 3 is 2.59 bits per heavy atom. The van der Waals surface area contributed by atoms with E-state index in [-0.39, 0.29) is 5.69 Å². The van der Waals surface area contributed by atoms with Crippen molar-refractivity contribution in [2.24, 2.45) is 4.99 Å². The quantitative estimate of drug-likeness (QED) is 0.364. The summed E-state index contributed by atoms with van der Waals surface area (Å²) in [6.07, 6.45) is -4.91. The maximum Gasteiger partial charge on any atom is 0.573 e. The summed E-state index contributed by atoms with van der Waals surface area (Å²) in [7, 11) is 0. The summed E-state index contributed by atoms with van der Waals surface area (Å²) < 4.78 is 39.2. The van der Waals surface area contributed by atoms with Gasteiger partial charge in [0.05, 0.1) is 16.2 Å². The molecule has 0 saturated heterocycles. The summed E-state index contributed by atoms with van der Waals surface area (Å²) in [5, 5.41) is 12.4. The minimum absolute atomic E-state index is 0.195. The van der Waals surface area contributed by atoms with Gasteiger partial charge in [-0.05, 0) is 24.4 Å². The zero-order valence-electron chi connectivity index (χ0n) is 7.89. The standard InChI is InChI=1S/C8H3F3N2O3S/c9-8(10,11)16-5-1-2-6(12-4-17)7(3-5)13(14)15/h1-3H. The molecule has 5 nitrogen and oxygen atoms in total. The topological polar surface area (TPSA) is 64.7 Å². The molecule has 0 spiro atoms. The first kappa shape index (κ1) is 13.1. The molecule has 0 atom stereocenters. The van der Waals surface area contributed by atoms with E-state index >= 15 is 0 Å². The molecule has 1 rings (SSSR count). The molecule has 0 fully saturated rings. The molecular weight excluding hydrogens is 261 g/mol. The van der Waals surface area contributed by atoms with Crippen LogP contribution in [0.15, 0.2) is 23.2 Å². The van der Waals surface area contributed by atoms with Crippen LogP contribution in [0.5, 0.6) is 5.75 Å². The fraction of sp³-hybridized carbons (Fsp3) is 0.125.